The van der Waals surface area contributed by atoms with Gasteiger partial charge in [0.05, 0.1) is 12.0 Å². The molecule has 122 valence electrons. The molecule has 1 aliphatic heterocycles. The van der Waals surface area contributed by atoms with Crippen LogP contribution >= 0.6 is 24.8 Å². The molecule has 1 unspecified atom stereocenters. The topological polar surface area (TPSA) is 49.8 Å². The van der Waals surface area contributed by atoms with Gasteiger partial charge < -0.3 is 14.7 Å². The third-order valence-electron chi connectivity index (χ3n) is 3.92. The number of aliphatic carboxylic acids is 1. The van der Waals surface area contributed by atoms with E-state index in [0.29, 0.717) is 6.10 Å². The smallest absolute Gasteiger partial charge is 0.306 e. The van der Waals surface area contributed by atoms with Gasteiger partial charge in [0.15, 0.2) is 0 Å². The van der Waals surface area contributed by atoms with Gasteiger partial charge >= 0.3 is 5.97 Å². The summed E-state index contributed by atoms with van der Waals surface area (Å²) in [5, 5.41) is 9.17. The van der Waals surface area contributed by atoms with Gasteiger partial charge in [-0.15, -0.1) is 24.8 Å². The molecule has 0 aromatic carbocycles. The van der Waals surface area contributed by atoms with Crippen LogP contribution in [-0.2, 0) is 9.53 Å². The molecular formula is C14H29Cl2NO3. The lowest BCUT2D eigenvalue weighted by atomic mass is 9.97. The van der Waals surface area contributed by atoms with E-state index in [4.69, 9.17) is 4.74 Å². The van der Waals surface area contributed by atoms with Crippen LogP contribution in [0.1, 0.15) is 45.4 Å². The summed E-state index contributed by atoms with van der Waals surface area (Å²) in [5.41, 5.74) is 0. The Hall–Kier alpha value is -0.0300. The van der Waals surface area contributed by atoms with E-state index < -0.39 is 5.97 Å². The number of piperidine rings is 1. The predicted octanol–water partition coefficient (Wildman–Crippen LogP) is 3.22. The molecule has 20 heavy (non-hydrogen) atoms. The van der Waals surface area contributed by atoms with E-state index in [1.165, 1.54) is 0 Å². The first kappa shape index (κ1) is 22.3. The number of carbonyl (C=O) groups is 1. The Morgan fingerprint density at radius 2 is 1.90 bits per heavy atom. The van der Waals surface area contributed by atoms with Gasteiger partial charge in [0, 0.05) is 20.2 Å². The lowest BCUT2D eigenvalue weighted by molar-refractivity contribution is -0.142. The monoisotopic (exact) mass is 329 g/mol. The van der Waals surface area contributed by atoms with Gasteiger partial charge in [-0.1, -0.05) is 19.8 Å². The number of carboxylic acids is 1. The Labute approximate surface area is 135 Å². The Kier molecular flexibility index (Phi) is 14.1. The fourth-order valence-electron chi connectivity index (χ4n) is 2.55. The van der Waals surface area contributed by atoms with Gasteiger partial charge in [0.1, 0.15) is 0 Å². The molecule has 1 rings (SSSR count). The average molecular weight is 330 g/mol. The highest BCUT2D eigenvalue weighted by Crippen LogP contribution is 2.17. The third kappa shape index (κ3) is 8.30. The molecule has 0 radical (unpaired) electrons. The van der Waals surface area contributed by atoms with Gasteiger partial charge in [-0.05, 0) is 32.2 Å². The van der Waals surface area contributed by atoms with Crippen LogP contribution in [0, 0.1) is 5.92 Å². The van der Waals surface area contributed by atoms with Crippen molar-refractivity contribution in [3.05, 3.63) is 0 Å². The van der Waals surface area contributed by atoms with Gasteiger partial charge in [-0.2, -0.15) is 0 Å². The van der Waals surface area contributed by atoms with Crippen molar-refractivity contribution >= 4 is 30.8 Å². The summed E-state index contributed by atoms with van der Waals surface area (Å²) >= 11 is 0. The summed E-state index contributed by atoms with van der Waals surface area (Å²) in [6.45, 7) is 5.10. The van der Waals surface area contributed by atoms with Crippen molar-refractivity contribution in [2.45, 2.75) is 51.6 Å². The number of nitrogens with zero attached hydrogens (tertiary/aromatic N) is 1. The number of rotatable bonds is 8. The van der Waals surface area contributed by atoms with Crippen molar-refractivity contribution in [2.24, 2.45) is 5.92 Å². The molecule has 0 bridgehead atoms. The number of halogens is 2. The van der Waals surface area contributed by atoms with Crippen molar-refractivity contribution < 1.29 is 14.6 Å². The summed E-state index contributed by atoms with van der Waals surface area (Å²) in [6.07, 6.45) is 6.24. The molecule has 1 aliphatic rings. The summed E-state index contributed by atoms with van der Waals surface area (Å²) < 4.78 is 5.34. The van der Waals surface area contributed by atoms with Gasteiger partial charge in [-0.25, -0.2) is 0 Å². The predicted molar refractivity (Wildman–Crippen MR) is 86.2 cm³/mol. The first-order chi connectivity index (χ1) is 8.67. The number of hydrogen-bond acceptors (Lipinski definition) is 3. The Morgan fingerprint density at radius 1 is 1.30 bits per heavy atom. The first-order valence-electron chi connectivity index (χ1n) is 7.15. The minimum Gasteiger partial charge on any atom is -0.481 e. The van der Waals surface area contributed by atoms with Crippen LogP contribution in [0.15, 0.2) is 0 Å². The average Bonchev–Trinajstić information content (AvgIpc) is 2.39. The zero-order valence-electron chi connectivity index (χ0n) is 12.5. The Bertz CT molecular complexity index is 247. The van der Waals surface area contributed by atoms with Crippen LogP contribution < -0.4 is 0 Å². The van der Waals surface area contributed by atoms with E-state index in [1.54, 1.807) is 7.11 Å². The van der Waals surface area contributed by atoms with Crippen LogP contribution in [-0.4, -0.2) is 48.8 Å². The van der Waals surface area contributed by atoms with E-state index in [1.807, 2.05) is 0 Å². The van der Waals surface area contributed by atoms with Crippen LogP contribution in [0.2, 0.25) is 0 Å². The van der Waals surface area contributed by atoms with Crippen molar-refractivity contribution in [3.63, 3.8) is 0 Å². The summed E-state index contributed by atoms with van der Waals surface area (Å²) in [4.78, 5) is 13.5. The normalized spacial score (nSPS) is 17.9. The fraction of sp³-hybridized carbons (Fsp3) is 0.929. The number of unbranched alkanes of at least 4 members (excludes halogenated alkanes) is 1. The van der Waals surface area contributed by atoms with E-state index in [9.17, 15) is 9.90 Å². The standard InChI is InChI=1S/C14H27NO3.2ClH/c1-3-4-5-12(14(16)17)6-9-15-10-7-13(18-2)8-11-15;;/h12-13H,3-11H2,1-2H3,(H,16,17);2*1H. The van der Waals surface area contributed by atoms with Crippen LogP contribution in [0.3, 0.4) is 0 Å². The lowest BCUT2D eigenvalue weighted by Gasteiger charge is -2.31. The number of hydrogen-bond donors (Lipinski definition) is 1. The highest BCUT2D eigenvalue weighted by atomic mass is 35.5. The fourth-order valence-corrected chi connectivity index (χ4v) is 2.55. The number of likely N-dealkylation sites (tertiary alicyclic amines) is 1. The molecule has 0 aliphatic carbocycles. The molecule has 1 N–H and O–H groups in total. The van der Waals surface area contributed by atoms with Crippen molar-refractivity contribution in [2.75, 3.05) is 26.7 Å². The lowest BCUT2D eigenvalue weighted by Crippen LogP contribution is -2.38. The molecule has 1 heterocycles. The maximum absolute atomic E-state index is 11.1. The molecule has 4 nitrogen and oxygen atoms in total. The summed E-state index contributed by atoms with van der Waals surface area (Å²) in [5.74, 6) is -0.791. The summed E-state index contributed by atoms with van der Waals surface area (Å²) in [6, 6.07) is 0. The number of methoxy groups -OCH3 is 1. The Balaban J connectivity index is 0. The highest BCUT2D eigenvalue weighted by Gasteiger charge is 2.21. The third-order valence-corrected chi connectivity index (χ3v) is 3.92. The van der Waals surface area contributed by atoms with E-state index >= 15 is 0 Å². The van der Waals surface area contributed by atoms with Crippen LogP contribution in [0.4, 0.5) is 0 Å². The number of carboxylic acid groups (broad SMARTS) is 1. The minimum atomic E-state index is -0.629. The van der Waals surface area contributed by atoms with Crippen molar-refractivity contribution in [1.82, 2.24) is 4.90 Å². The van der Waals surface area contributed by atoms with Crippen molar-refractivity contribution in [3.8, 4) is 0 Å². The highest BCUT2D eigenvalue weighted by molar-refractivity contribution is 5.85. The first-order valence-corrected chi connectivity index (χ1v) is 7.15. The largest absolute Gasteiger partial charge is 0.481 e. The molecule has 0 aromatic heterocycles. The Morgan fingerprint density at radius 3 is 2.35 bits per heavy atom. The maximum Gasteiger partial charge on any atom is 0.306 e. The van der Waals surface area contributed by atoms with E-state index in [-0.39, 0.29) is 30.7 Å². The second-order valence-corrected chi connectivity index (χ2v) is 5.24. The van der Waals surface area contributed by atoms with E-state index in [0.717, 1.165) is 58.2 Å². The quantitative estimate of drug-likeness (QED) is 0.742. The maximum atomic E-state index is 11.1. The molecule has 1 saturated heterocycles. The van der Waals surface area contributed by atoms with Gasteiger partial charge in [0.2, 0.25) is 0 Å². The molecule has 0 spiro atoms. The van der Waals surface area contributed by atoms with Gasteiger partial charge in [0.25, 0.3) is 0 Å². The van der Waals surface area contributed by atoms with Gasteiger partial charge in [-0.3, -0.25) is 4.79 Å². The SMILES string of the molecule is CCCCC(CCN1CCC(OC)CC1)C(=O)O.Cl.Cl. The second kappa shape index (κ2) is 12.7. The molecule has 6 heteroatoms. The number of ether oxygens (including phenoxy) is 1. The minimum absolute atomic E-state index is 0. The second-order valence-electron chi connectivity index (χ2n) is 5.24. The van der Waals surface area contributed by atoms with Crippen LogP contribution in [0.5, 0.6) is 0 Å². The molecule has 0 amide bonds. The molecule has 0 aromatic rings. The summed E-state index contributed by atoms with van der Waals surface area (Å²) in [7, 11) is 1.77. The van der Waals surface area contributed by atoms with Crippen LogP contribution in [0.25, 0.3) is 0 Å². The van der Waals surface area contributed by atoms with Crippen molar-refractivity contribution in [1.29, 1.82) is 0 Å². The zero-order valence-corrected chi connectivity index (χ0v) is 14.2. The molecule has 1 fully saturated rings. The zero-order chi connectivity index (χ0) is 13.4. The molecule has 0 saturated carbocycles. The molecule has 1 atom stereocenters. The molecular weight excluding hydrogens is 301 g/mol. The van der Waals surface area contributed by atoms with E-state index in [2.05, 4.69) is 11.8 Å².